The maximum Gasteiger partial charge on any atom is 0.350 e. The first kappa shape index (κ1) is 18.7. The van der Waals surface area contributed by atoms with Gasteiger partial charge in [-0.25, -0.2) is 9.48 Å². The second-order valence-corrected chi connectivity index (χ2v) is 7.56. The molecule has 1 aliphatic rings. The van der Waals surface area contributed by atoms with Gasteiger partial charge in [0.25, 0.3) is 0 Å². The van der Waals surface area contributed by atoms with Crippen LogP contribution in [0.4, 0.5) is 0 Å². The molecule has 0 spiro atoms. The second kappa shape index (κ2) is 7.77. The van der Waals surface area contributed by atoms with Gasteiger partial charge in [-0.05, 0) is 31.5 Å². The van der Waals surface area contributed by atoms with Crippen molar-refractivity contribution in [2.24, 2.45) is 0 Å². The molecule has 1 unspecified atom stereocenters. The molecule has 1 aromatic carbocycles. The van der Waals surface area contributed by atoms with E-state index in [1.807, 2.05) is 43.3 Å². The Kier molecular flexibility index (Phi) is 5.19. The fourth-order valence-electron chi connectivity index (χ4n) is 3.54. The van der Waals surface area contributed by atoms with Crippen LogP contribution in [0.25, 0.3) is 5.65 Å². The third kappa shape index (κ3) is 3.68. The molecule has 3 heterocycles. The number of nitrogens with one attached hydrogen (secondary N) is 2. The largest absolute Gasteiger partial charge is 0.350 e. The number of fused-ring (bicyclic) bond motifs is 1. The number of halogens is 1. The van der Waals surface area contributed by atoms with E-state index in [1.54, 1.807) is 6.20 Å². The number of pyridine rings is 1. The van der Waals surface area contributed by atoms with Crippen LogP contribution in [0.2, 0.25) is 0 Å². The molecule has 2 aromatic heterocycles. The number of alkyl halides is 1. The van der Waals surface area contributed by atoms with Crippen molar-refractivity contribution in [2.75, 3.05) is 13.1 Å². The average molecular weight is 400 g/mol. The van der Waals surface area contributed by atoms with E-state index in [4.69, 9.17) is 11.6 Å². The summed E-state index contributed by atoms with van der Waals surface area (Å²) in [7, 11) is 0. The average Bonchev–Trinajstić information content (AvgIpc) is 3.31. The highest BCUT2D eigenvalue weighted by atomic mass is 35.5. The van der Waals surface area contributed by atoms with Crippen LogP contribution in [0, 0.1) is 6.92 Å². The molecule has 0 saturated carbocycles. The number of aryl methyl sites for hydroxylation is 1. The van der Waals surface area contributed by atoms with Gasteiger partial charge in [-0.1, -0.05) is 47.5 Å². The van der Waals surface area contributed by atoms with Crippen molar-refractivity contribution in [3.05, 3.63) is 69.8 Å². The summed E-state index contributed by atoms with van der Waals surface area (Å²) >= 11 is 6.30. The molecule has 1 amide bonds. The van der Waals surface area contributed by atoms with Gasteiger partial charge < -0.3 is 10.6 Å². The number of aromatic nitrogens is 3. The third-order valence-corrected chi connectivity index (χ3v) is 5.45. The van der Waals surface area contributed by atoms with Crippen molar-refractivity contribution in [1.82, 2.24) is 24.8 Å². The molecule has 2 atom stereocenters. The molecular weight excluding hydrogens is 378 g/mol. The van der Waals surface area contributed by atoms with Crippen LogP contribution in [0.15, 0.2) is 47.4 Å². The third-order valence-electron chi connectivity index (χ3n) is 5.09. The molecule has 1 fully saturated rings. The number of hydrogen-bond donors (Lipinski definition) is 2. The van der Waals surface area contributed by atoms with E-state index in [0.29, 0.717) is 11.6 Å². The fraction of sp³-hybridized carbons (Fsp3) is 0.350. The van der Waals surface area contributed by atoms with Crippen molar-refractivity contribution >= 4 is 23.2 Å². The predicted molar refractivity (Wildman–Crippen MR) is 108 cm³/mol. The lowest BCUT2D eigenvalue weighted by molar-refractivity contribution is -0.122. The molecule has 1 aliphatic heterocycles. The maximum absolute atomic E-state index is 12.7. The van der Waals surface area contributed by atoms with Gasteiger partial charge in [0.15, 0.2) is 5.65 Å². The van der Waals surface area contributed by atoms with Crippen LogP contribution < -0.4 is 16.3 Å². The zero-order valence-electron chi connectivity index (χ0n) is 15.6. The molecule has 4 rings (SSSR count). The Bertz CT molecular complexity index is 1050. The zero-order valence-corrected chi connectivity index (χ0v) is 16.3. The summed E-state index contributed by atoms with van der Waals surface area (Å²) in [6.07, 6.45) is 2.69. The van der Waals surface area contributed by atoms with E-state index < -0.39 is 5.50 Å². The van der Waals surface area contributed by atoms with Gasteiger partial charge in [-0.2, -0.15) is 0 Å². The summed E-state index contributed by atoms with van der Waals surface area (Å²) in [6.45, 7) is 3.62. The van der Waals surface area contributed by atoms with Crippen LogP contribution in [-0.2, 0) is 11.3 Å². The standard InChI is InChI=1S/C20H22ClN5O2/c1-13-4-6-14(7-5-13)18(21)23-17(27)12-26-20(28)25-10-2-3-16(19(25)24-26)15-8-9-22-11-15/h2-7,10,15,18,22H,8-9,11-12H2,1H3,(H,23,27)/t15?,18-/m1/s1. The lowest BCUT2D eigenvalue weighted by Crippen LogP contribution is -2.33. The fourth-order valence-corrected chi connectivity index (χ4v) is 3.81. The molecule has 28 heavy (non-hydrogen) atoms. The summed E-state index contributed by atoms with van der Waals surface area (Å²) in [5, 5.41) is 10.5. The van der Waals surface area contributed by atoms with Crippen molar-refractivity contribution in [3.63, 3.8) is 0 Å². The van der Waals surface area contributed by atoms with E-state index in [0.717, 1.165) is 36.2 Å². The Morgan fingerprint density at radius 1 is 1.36 bits per heavy atom. The van der Waals surface area contributed by atoms with E-state index in [1.165, 1.54) is 9.08 Å². The van der Waals surface area contributed by atoms with Crippen LogP contribution in [0.1, 0.15) is 34.5 Å². The van der Waals surface area contributed by atoms with Crippen molar-refractivity contribution < 1.29 is 4.79 Å². The molecule has 0 aliphatic carbocycles. The van der Waals surface area contributed by atoms with Gasteiger partial charge in [0.1, 0.15) is 12.0 Å². The van der Waals surface area contributed by atoms with Gasteiger partial charge in [-0.15, -0.1) is 5.10 Å². The molecule has 3 aromatic rings. The highest BCUT2D eigenvalue weighted by Crippen LogP contribution is 2.24. The van der Waals surface area contributed by atoms with E-state index >= 15 is 0 Å². The summed E-state index contributed by atoms with van der Waals surface area (Å²) in [6, 6.07) is 11.4. The van der Waals surface area contributed by atoms with E-state index in [9.17, 15) is 9.59 Å². The minimum Gasteiger partial charge on any atom is -0.334 e. The van der Waals surface area contributed by atoms with Gasteiger partial charge in [-0.3, -0.25) is 9.20 Å². The van der Waals surface area contributed by atoms with Crippen LogP contribution >= 0.6 is 11.6 Å². The molecule has 1 saturated heterocycles. The Morgan fingerprint density at radius 3 is 2.86 bits per heavy atom. The maximum atomic E-state index is 12.7. The second-order valence-electron chi connectivity index (χ2n) is 7.13. The minimum absolute atomic E-state index is 0.183. The monoisotopic (exact) mass is 399 g/mol. The Morgan fingerprint density at radius 2 is 2.14 bits per heavy atom. The van der Waals surface area contributed by atoms with Crippen LogP contribution in [-0.4, -0.2) is 33.2 Å². The first-order chi connectivity index (χ1) is 13.5. The molecule has 146 valence electrons. The lowest BCUT2D eigenvalue weighted by Gasteiger charge is -2.12. The molecule has 8 heteroatoms. The van der Waals surface area contributed by atoms with Gasteiger partial charge >= 0.3 is 5.69 Å². The Hall–Kier alpha value is -2.64. The number of hydrogen-bond acceptors (Lipinski definition) is 4. The summed E-state index contributed by atoms with van der Waals surface area (Å²) < 4.78 is 2.69. The highest BCUT2D eigenvalue weighted by molar-refractivity contribution is 6.21. The molecule has 7 nitrogen and oxygen atoms in total. The molecule has 2 N–H and O–H groups in total. The normalized spacial score (nSPS) is 17.7. The Labute approximate surface area is 167 Å². The van der Waals surface area contributed by atoms with Crippen molar-refractivity contribution in [3.8, 4) is 0 Å². The predicted octanol–water partition coefficient (Wildman–Crippen LogP) is 1.94. The van der Waals surface area contributed by atoms with E-state index in [-0.39, 0.29) is 18.1 Å². The number of carbonyl (C=O) groups excluding carboxylic acids is 1. The number of benzene rings is 1. The van der Waals surface area contributed by atoms with Gasteiger partial charge in [0, 0.05) is 24.2 Å². The highest BCUT2D eigenvalue weighted by Gasteiger charge is 2.22. The summed E-state index contributed by atoms with van der Waals surface area (Å²) in [4.78, 5) is 25.1. The SMILES string of the molecule is Cc1ccc([C@H](Cl)NC(=O)Cn2nc3c(C4CCNC4)cccn3c2=O)cc1. The number of amides is 1. The van der Waals surface area contributed by atoms with Gasteiger partial charge in [0.2, 0.25) is 5.91 Å². The van der Waals surface area contributed by atoms with Crippen LogP contribution in [0.5, 0.6) is 0 Å². The topological polar surface area (TPSA) is 80.4 Å². The van der Waals surface area contributed by atoms with Crippen molar-refractivity contribution in [2.45, 2.75) is 31.3 Å². The van der Waals surface area contributed by atoms with Crippen molar-refractivity contribution in [1.29, 1.82) is 0 Å². The zero-order chi connectivity index (χ0) is 19.7. The molecular formula is C20H22ClN5O2. The Balaban J connectivity index is 1.53. The van der Waals surface area contributed by atoms with Crippen LogP contribution in [0.3, 0.4) is 0 Å². The summed E-state index contributed by atoms with van der Waals surface area (Å²) in [5.74, 6) is -0.0447. The minimum atomic E-state index is -0.666. The van der Waals surface area contributed by atoms with E-state index in [2.05, 4.69) is 15.7 Å². The summed E-state index contributed by atoms with van der Waals surface area (Å²) in [5.41, 5.74) is 2.54. The molecule has 0 radical (unpaired) electrons. The lowest BCUT2D eigenvalue weighted by atomic mass is 10.00. The number of nitrogens with zero attached hydrogens (tertiary/aromatic N) is 3. The van der Waals surface area contributed by atoms with Gasteiger partial charge in [0.05, 0.1) is 0 Å². The molecule has 0 bridgehead atoms. The number of carbonyl (C=O) groups is 1. The smallest absolute Gasteiger partial charge is 0.334 e. The first-order valence-corrected chi connectivity index (χ1v) is 9.75. The quantitative estimate of drug-likeness (QED) is 0.507. The first-order valence-electron chi connectivity index (χ1n) is 9.32. The number of rotatable bonds is 5.